The second kappa shape index (κ2) is 8.39. The zero-order valence-electron chi connectivity index (χ0n) is 18.5. The van der Waals surface area contributed by atoms with Crippen molar-refractivity contribution < 1.29 is 18.7 Å². The highest BCUT2D eigenvalue weighted by Gasteiger charge is 2.27. The second-order valence-corrected chi connectivity index (χ2v) is 8.88. The minimum absolute atomic E-state index is 0.190. The van der Waals surface area contributed by atoms with Crippen LogP contribution in [0.25, 0.3) is 0 Å². The predicted octanol–water partition coefficient (Wildman–Crippen LogP) is 4.85. The van der Waals surface area contributed by atoms with Crippen molar-refractivity contribution in [2.75, 3.05) is 6.54 Å². The monoisotopic (exact) mass is 411 g/mol. The molecule has 1 aliphatic heterocycles. The number of nitrogens with zero attached hydrogens (tertiary/aromatic N) is 3. The van der Waals surface area contributed by atoms with Gasteiger partial charge in [-0.3, -0.25) is 0 Å². The van der Waals surface area contributed by atoms with Gasteiger partial charge in [0.25, 0.3) is 0 Å². The fraction of sp³-hybridized carbons (Fsp3) is 0.522. The molecule has 7 nitrogen and oxygen atoms in total. The van der Waals surface area contributed by atoms with E-state index in [1.807, 2.05) is 53.7 Å². The first-order valence-corrected chi connectivity index (χ1v) is 10.2. The highest BCUT2D eigenvalue weighted by molar-refractivity contribution is 5.69. The molecule has 2 aromatic rings. The van der Waals surface area contributed by atoms with E-state index in [9.17, 15) is 10.1 Å². The third-order valence-corrected chi connectivity index (χ3v) is 4.85. The van der Waals surface area contributed by atoms with Crippen molar-refractivity contribution in [1.29, 1.82) is 5.26 Å². The van der Waals surface area contributed by atoms with Gasteiger partial charge in [0.15, 0.2) is 5.89 Å². The van der Waals surface area contributed by atoms with E-state index in [0.717, 1.165) is 16.8 Å². The van der Waals surface area contributed by atoms with E-state index in [-0.39, 0.29) is 18.6 Å². The Bertz CT molecular complexity index is 980. The maximum Gasteiger partial charge on any atom is 0.410 e. The first-order chi connectivity index (χ1) is 14.1. The fourth-order valence-corrected chi connectivity index (χ4v) is 3.25. The SMILES string of the molecule is Cc1oc(C(C)C)nc1COc1cc2c(cc1C#N)CCN(C(=O)OC(C)(C)C)C2. The van der Waals surface area contributed by atoms with E-state index in [0.29, 0.717) is 42.5 Å². The summed E-state index contributed by atoms with van der Waals surface area (Å²) in [6.45, 7) is 12.6. The molecule has 7 heteroatoms. The fourth-order valence-electron chi connectivity index (χ4n) is 3.25. The Morgan fingerprint density at radius 2 is 2.07 bits per heavy atom. The molecule has 0 unspecified atom stereocenters. The summed E-state index contributed by atoms with van der Waals surface area (Å²) in [5, 5.41) is 9.57. The molecule has 160 valence electrons. The summed E-state index contributed by atoms with van der Waals surface area (Å²) in [7, 11) is 0. The molecule has 0 saturated carbocycles. The number of fused-ring (bicyclic) bond motifs is 1. The Kier molecular flexibility index (Phi) is 6.06. The van der Waals surface area contributed by atoms with Gasteiger partial charge >= 0.3 is 6.09 Å². The van der Waals surface area contributed by atoms with E-state index in [1.54, 1.807) is 4.90 Å². The van der Waals surface area contributed by atoms with Gasteiger partial charge in [-0.05, 0) is 57.4 Å². The van der Waals surface area contributed by atoms with Crippen molar-refractivity contribution in [1.82, 2.24) is 9.88 Å². The number of rotatable bonds is 4. The van der Waals surface area contributed by atoms with Crippen LogP contribution in [0, 0.1) is 18.3 Å². The number of aryl methyl sites for hydroxylation is 1. The molecule has 1 aromatic carbocycles. The molecule has 0 N–H and O–H groups in total. The molecule has 0 atom stereocenters. The van der Waals surface area contributed by atoms with Gasteiger partial charge in [0.2, 0.25) is 0 Å². The number of hydrogen-bond acceptors (Lipinski definition) is 6. The molecule has 0 bridgehead atoms. The lowest BCUT2D eigenvalue weighted by Crippen LogP contribution is -2.39. The van der Waals surface area contributed by atoms with E-state index < -0.39 is 5.60 Å². The third-order valence-electron chi connectivity index (χ3n) is 4.85. The molecular weight excluding hydrogens is 382 g/mol. The third kappa shape index (κ3) is 4.93. The van der Waals surface area contributed by atoms with Crippen LogP contribution >= 0.6 is 0 Å². The van der Waals surface area contributed by atoms with Gasteiger partial charge in [-0.1, -0.05) is 13.8 Å². The number of amides is 1. The maximum atomic E-state index is 12.4. The Balaban J connectivity index is 1.78. The molecule has 1 amide bonds. The van der Waals surface area contributed by atoms with Crippen LogP contribution in [0.15, 0.2) is 16.5 Å². The van der Waals surface area contributed by atoms with Gasteiger partial charge < -0.3 is 18.8 Å². The molecule has 0 spiro atoms. The average Bonchev–Trinajstić information content (AvgIpc) is 3.04. The lowest BCUT2D eigenvalue weighted by Gasteiger charge is -2.31. The molecule has 1 aromatic heterocycles. The van der Waals surface area contributed by atoms with Gasteiger partial charge in [-0.25, -0.2) is 9.78 Å². The number of oxazole rings is 1. The number of carbonyl (C=O) groups excluding carboxylic acids is 1. The minimum atomic E-state index is -0.541. The highest BCUT2D eigenvalue weighted by atomic mass is 16.6. The number of benzene rings is 1. The van der Waals surface area contributed by atoms with Crippen LogP contribution in [0.1, 0.15) is 74.6 Å². The summed E-state index contributed by atoms with van der Waals surface area (Å²) in [6.07, 6.45) is 0.336. The highest BCUT2D eigenvalue weighted by Crippen LogP contribution is 2.29. The first kappa shape index (κ1) is 21.7. The standard InChI is InChI=1S/C23H29N3O4/c1-14(2)21-25-19(15(3)29-21)13-28-20-10-18-12-26(22(27)30-23(4,5)6)8-7-16(18)9-17(20)11-24/h9-10,14H,7-8,12-13H2,1-6H3. The number of nitriles is 1. The summed E-state index contributed by atoms with van der Waals surface area (Å²) in [5.74, 6) is 2.06. The Morgan fingerprint density at radius 1 is 1.33 bits per heavy atom. The summed E-state index contributed by atoms with van der Waals surface area (Å²) in [6, 6.07) is 5.91. The van der Waals surface area contributed by atoms with Crippen LogP contribution in [-0.4, -0.2) is 28.1 Å². The number of aromatic nitrogens is 1. The molecule has 0 fully saturated rings. The smallest absolute Gasteiger partial charge is 0.410 e. The van der Waals surface area contributed by atoms with E-state index >= 15 is 0 Å². The average molecular weight is 412 g/mol. The second-order valence-electron chi connectivity index (χ2n) is 8.88. The molecular formula is C23H29N3O4. The summed E-state index contributed by atoms with van der Waals surface area (Å²) in [5.41, 5.74) is 2.67. The van der Waals surface area contributed by atoms with E-state index in [1.165, 1.54) is 0 Å². The number of ether oxygens (including phenoxy) is 2. The van der Waals surface area contributed by atoms with E-state index in [2.05, 4.69) is 11.1 Å². The molecule has 0 aliphatic carbocycles. The molecule has 2 heterocycles. The molecule has 3 rings (SSSR count). The van der Waals surface area contributed by atoms with Crippen LogP contribution in [0.2, 0.25) is 0 Å². The van der Waals surface area contributed by atoms with Crippen molar-refractivity contribution in [3.8, 4) is 11.8 Å². The molecule has 30 heavy (non-hydrogen) atoms. The van der Waals surface area contributed by atoms with Crippen molar-refractivity contribution in [3.05, 3.63) is 46.2 Å². The van der Waals surface area contributed by atoms with Gasteiger partial charge in [0.05, 0.1) is 5.56 Å². The number of carbonyl (C=O) groups is 1. The van der Waals surface area contributed by atoms with Crippen molar-refractivity contribution >= 4 is 6.09 Å². The maximum absolute atomic E-state index is 12.4. The van der Waals surface area contributed by atoms with Crippen LogP contribution in [0.4, 0.5) is 4.79 Å². The lowest BCUT2D eigenvalue weighted by atomic mass is 9.97. The van der Waals surface area contributed by atoms with Crippen LogP contribution in [0.3, 0.4) is 0 Å². The van der Waals surface area contributed by atoms with E-state index in [4.69, 9.17) is 13.9 Å². The van der Waals surface area contributed by atoms with Crippen LogP contribution in [0.5, 0.6) is 5.75 Å². The normalized spacial score (nSPS) is 13.7. The lowest BCUT2D eigenvalue weighted by molar-refractivity contribution is 0.0223. The predicted molar refractivity (Wildman–Crippen MR) is 111 cm³/mol. The van der Waals surface area contributed by atoms with Crippen LogP contribution < -0.4 is 4.74 Å². The zero-order chi connectivity index (χ0) is 22.1. The quantitative estimate of drug-likeness (QED) is 0.714. The largest absolute Gasteiger partial charge is 0.486 e. The topological polar surface area (TPSA) is 88.6 Å². The van der Waals surface area contributed by atoms with Gasteiger partial charge in [-0.15, -0.1) is 0 Å². The first-order valence-electron chi connectivity index (χ1n) is 10.2. The number of hydrogen-bond donors (Lipinski definition) is 0. The Hall–Kier alpha value is -3.01. The minimum Gasteiger partial charge on any atom is -0.486 e. The molecule has 0 saturated heterocycles. The molecule has 0 radical (unpaired) electrons. The zero-order valence-corrected chi connectivity index (χ0v) is 18.5. The van der Waals surface area contributed by atoms with Gasteiger partial charge in [-0.2, -0.15) is 5.26 Å². The summed E-state index contributed by atoms with van der Waals surface area (Å²) < 4.78 is 17.1. The van der Waals surface area contributed by atoms with Crippen molar-refractivity contribution in [2.24, 2.45) is 0 Å². The Labute approximate surface area is 177 Å². The van der Waals surface area contributed by atoms with Crippen molar-refractivity contribution in [3.63, 3.8) is 0 Å². The van der Waals surface area contributed by atoms with Gasteiger partial charge in [0, 0.05) is 19.0 Å². The van der Waals surface area contributed by atoms with Crippen LogP contribution in [-0.2, 0) is 24.3 Å². The summed E-state index contributed by atoms with van der Waals surface area (Å²) >= 11 is 0. The van der Waals surface area contributed by atoms with Gasteiger partial charge in [0.1, 0.15) is 35.5 Å². The van der Waals surface area contributed by atoms with Crippen molar-refractivity contribution in [2.45, 2.75) is 72.6 Å². The summed E-state index contributed by atoms with van der Waals surface area (Å²) in [4.78, 5) is 18.6. The Morgan fingerprint density at radius 3 is 2.67 bits per heavy atom. The molecule has 1 aliphatic rings.